The number of nitrogens with one attached hydrogen (secondary N) is 1. The van der Waals surface area contributed by atoms with Gasteiger partial charge in [0.05, 0.1) is 7.11 Å². The summed E-state index contributed by atoms with van der Waals surface area (Å²) in [5, 5.41) is 0. The second-order valence-electron chi connectivity index (χ2n) is 3.17. The van der Waals surface area contributed by atoms with Crippen molar-refractivity contribution in [2.75, 3.05) is 7.11 Å². The number of hydrogen-bond donors (Lipinski definition) is 2. The predicted octanol–water partition coefficient (Wildman–Crippen LogP) is 0.843. The maximum absolute atomic E-state index is 11.3. The molecule has 1 amide bonds. The van der Waals surface area contributed by atoms with E-state index in [1.807, 2.05) is 19.1 Å². The minimum Gasteiger partial charge on any atom is -0.493 e. The van der Waals surface area contributed by atoms with E-state index in [2.05, 4.69) is 5.43 Å². The minimum absolute atomic E-state index is 0.353. The van der Waals surface area contributed by atoms with Gasteiger partial charge in [-0.15, -0.1) is 0 Å². The van der Waals surface area contributed by atoms with Gasteiger partial charge in [0.1, 0.15) is 0 Å². The van der Waals surface area contributed by atoms with Crippen molar-refractivity contribution in [1.29, 1.82) is 0 Å². The molecule has 1 aromatic carbocycles. The minimum atomic E-state index is -0.610. The molecule has 3 N–H and O–H groups in total. The zero-order chi connectivity index (χ0) is 12.0. The topological polar surface area (TPSA) is 73.6 Å². The number of nitrogens with two attached hydrogens (primary N) is 1. The van der Waals surface area contributed by atoms with Crippen LogP contribution in [0.1, 0.15) is 13.3 Å². The highest BCUT2D eigenvalue weighted by atomic mass is 16.5. The summed E-state index contributed by atoms with van der Waals surface area (Å²) in [5.41, 5.74) is 2.07. The van der Waals surface area contributed by atoms with Crippen LogP contribution in [0, 0.1) is 0 Å². The molecule has 0 aliphatic rings. The Morgan fingerprint density at radius 2 is 2.06 bits per heavy atom. The van der Waals surface area contributed by atoms with Crippen LogP contribution in [0.5, 0.6) is 11.5 Å². The number of hydrazine groups is 1. The summed E-state index contributed by atoms with van der Waals surface area (Å²) in [6, 6.07) is 7.15. The average molecular weight is 224 g/mol. The lowest BCUT2D eigenvalue weighted by Crippen LogP contribution is -2.41. The molecular weight excluding hydrogens is 208 g/mol. The number of ether oxygens (including phenoxy) is 2. The lowest BCUT2D eigenvalue weighted by Gasteiger charge is -2.17. The maximum Gasteiger partial charge on any atom is 0.274 e. The van der Waals surface area contributed by atoms with Gasteiger partial charge in [-0.05, 0) is 18.6 Å². The summed E-state index contributed by atoms with van der Waals surface area (Å²) in [4.78, 5) is 11.3. The fourth-order valence-corrected chi connectivity index (χ4v) is 1.28. The third kappa shape index (κ3) is 2.87. The van der Waals surface area contributed by atoms with Crippen molar-refractivity contribution in [3.05, 3.63) is 24.3 Å². The number of benzene rings is 1. The molecule has 0 saturated carbocycles. The van der Waals surface area contributed by atoms with Gasteiger partial charge in [0.15, 0.2) is 17.6 Å². The summed E-state index contributed by atoms with van der Waals surface area (Å²) in [5.74, 6) is 5.83. The number of amides is 1. The lowest BCUT2D eigenvalue weighted by atomic mass is 10.2. The zero-order valence-electron chi connectivity index (χ0n) is 9.40. The van der Waals surface area contributed by atoms with Crippen LogP contribution in [0.4, 0.5) is 0 Å². The Morgan fingerprint density at radius 1 is 1.44 bits per heavy atom. The first-order chi connectivity index (χ1) is 7.72. The quantitative estimate of drug-likeness (QED) is 0.441. The largest absolute Gasteiger partial charge is 0.493 e. The van der Waals surface area contributed by atoms with E-state index in [0.717, 1.165) is 0 Å². The number of carbonyl (C=O) groups excluding carboxylic acids is 1. The molecule has 1 unspecified atom stereocenters. The number of methoxy groups -OCH3 is 1. The maximum atomic E-state index is 11.3. The van der Waals surface area contributed by atoms with Crippen molar-refractivity contribution < 1.29 is 14.3 Å². The average Bonchev–Trinajstić information content (AvgIpc) is 2.35. The molecule has 0 aliphatic heterocycles. The van der Waals surface area contributed by atoms with Crippen LogP contribution in [0.15, 0.2) is 24.3 Å². The molecule has 1 aromatic rings. The predicted molar refractivity (Wildman–Crippen MR) is 60.0 cm³/mol. The Bertz CT molecular complexity index is 355. The molecule has 0 aromatic heterocycles. The van der Waals surface area contributed by atoms with Crippen LogP contribution in [-0.4, -0.2) is 19.1 Å². The molecule has 0 fully saturated rings. The highest BCUT2D eigenvalue weighted by Crippen LogP contribution is 2.27. The summed E-state index contributed by atoms with van der Waals surface area (Å²) in [6.45, 7) is 1.84. The Labute approximate surface area is 94.5 Å². The highest BCUT2D eigenvalue weighted by molar-refractivity contribution is 5.80. The van der Waals surface area contributed by atoms with Gasteiger partial charge < -0.3 is 9.47 Å². The normalized spacial score (nSPS) is 11.7. The molecule has 88 valence electrons. The third-order valence-corrected chi connectivity index (χ3v) is 2.14. The Kier molecular flexibility index (Phi) is 4.60. The van der Waals surface area contributed by atoms with E-state index in [1.165, 1.54) is 0 Å². The van der Waals surface area contributed by atoms with Gasteiger partial charge in [-0.2, -0.15) is 0 Å². The van der Waals surface area contributed by atoms with E-state index < -0.39 is 6.10 Å². The zero-order valence-corrected chi connectivity index (χ0v) is 9.40. The smallest absolute Gasteiger partial charge is 0.274 e. The van der Waals surface area contributed by atoms with Gasteiger partial charge in [-0.1, -0.05) is 19.1 Å². The molecule has 5 heteroatoms. The summed E-state index contributed by atoms with van der Waals surface area (Å²) < 4.78 is 10.6. The molecule has 1 atom stereocenters. The molecule has 0 aliphatic carbocycles. The Hall–Kier alpha value is -1.75. The van der Waals surface area contributed by atoms with Gasteiger partial charge in [-0.3, -0.25) is 10.2 Å². The monoisotopic (exact) mass is 224 g/mol. The molecular formula is C11H16N2O3. The first-order valence-corrected chi connectivity index (χ1v) is 5.03. The molecule has 5 nitrogen and oxygen atoms in total. The van der Waals surface area contributed by atoms with Crippen LogP contribution >= 0.6 is 0 Å². The van der Waals surface area contributed by atoms with Crippen LogP contribution in [0.2, 0.25) is 0 Å². The fraction of sp³-hybridized carbons (Fsp3) is 0.364. The van der Waals surface area contributed by atoms with Gasteiger partial charge >= 0.3 is 0 Å². The summed E-state index contributed by atoms with van der Waals surface area (Å²) in [7, 11) is 1.55. The van der Waals surface area contributed by atoms with E-state index in [4.69, 9.17) is 15.3 Å². The van der Waals surface area contributed by atoms with E-state index in [-0.39, 0.29) is 5.91 Å². The number of para-hydroxylation sites is 2. The second kappa shape index (κ2) is 5.97. The van der Waals surface area contributed by atoms with Gasteiger partial charge in [0, 0.05) is 0 Å². The number of carbonyl (C=O) groups is 1. The van der Waals surface area contributed by atoms with E-state index >= 15 is 0 Å². The standard InChI is InChI=1S/C11H16N2O3/c1-3-8(11(14)13-12)16-10-7-5-4-6-9(10)15-2/h4-8H,3,12H2,1-2H3,(H,13,14). The Morgan fingerprint density at radius 3 is 2.56 bits per heavy atom. The van der Waals surface area contributed by atoms with Gasteiger partial charge in [-0.25, -0.2) is 5.84 Å². The van der Waals surface area contributed by atoms with E-state index in [9.17, 15) is 4.79 Å². The van der Waals surface area contributed by atoms with Crippen molar-refractivity contribution in [3.8, 4) is 11.5 Å². The Balaban J connectivity index is 2.81. The number of rotatable bonds is 5. The van der Waals surface area contributed by atoms with E-state index in [0.29, 0.717) is 17.9 Å². The van der Waals surface area contributed by atoms with Crippen molar-refractivity contribution >= 4 is 5.91 Å². The first-order valence-electron chi connectivity index (χ1n) is 5.03. The molecule has 0 radical (unpaired) electrons. The lowest BCUT2D eigenvalue weighted by molar-refractivity contribution is -0.128. The first kappa shape index (κ1) is 12.3. The number of hydrogen-bond acceptors (Lipinski definition) is 4. The van der Waals surface area contributed by atoms with Crippen molar-refractivity contribution in [3.63, 3.8) is 0 Å². The molecule has 0 spiro atoms. The summed E-state index contributed by atoms with van der Waals surface area (Å²) in [6.07, 6.45) is -0.0811. The fourth-order valence-electron chi connectivity index (χ4n) is 1.28. The molecule has 16 heavy (non-hydrogen) atoms. The highest BCUT2D eigenvalue weighted by Gasteiger charge is 2.18. The van der Waals surface area contributed by atoms with Crippen molar-refractivity contribution in [1.82, 2.24) is 5.43 Å². The van der Waals surface area contributed by atoms with Crippen molar-refractivity contribution in [2.45, 2.75) is 19.4 Å². The molecule has 0 heterocycles. The van der Waals surface area contributed by atoms with E-state index in [1.54, 1.807) is 19.2 Å². The van der Waals surface area contributed by atoms with Crippen LogP contribution in [0.3, 0.4) is 0 Å². The van der Waals surface area contributed by atoms with Gasteiger partial charge in [0.25, 0.3) is 5.91 Å². The van der Waals surface area contributed by atoms with Crippen LogP contribution in [-0.2, 0) is 4.79 Å². The SMILES string of the molecule is CCC(Oc1ccccc1OC)C(=O)NN. The van der Waals surface area contributed by atoms with Crippen molar-refractivity contribution in [2.24, 2.45) is 5.84 Å². The van der Waals surface area contributed by atoms with Gasteiger partial charge in [0.2, 0.25) is 0 Å². The third-order valence-electron chi connectivity index (χ3n) is 2.14. The van der Waals surface area contributed by atoms with Crippen LogP contribution in [0.25, 0.3) is 0 Å². The summed E-state index contributed by atoms with van der Waals surface area (Å²) >= 11 is 0. The van der Waals surface area contributed by atoms with Crippen LogP contribution < -0.4 is 20.7 Å². The molecule has 0 saturated heterocycles. The second-order valence-corrected chi connectivity index (χ2v) is 3.17. The molecule has 0 bridgehead atoms. The molecule has 1 rings (SSSR count).